The maximum atomic E-state index is 13.4. The minimum Gasteiger partial charge on any atom is -0.444 e. The van der Waals surface area contributed by atoms with E-state index in [4.69, 9.17) is 9.72 Å². The van der Waals surface area contributed by atoms with Crippen molar-refractivity contribution in [3.05, 3.63) is 30.1 Å². The maximum absolute atomic E-state index is 13.4. The number of H-pyrrole nitrogens is 1. The van der Waals surface area contributed by atoms with Crippen LogP contribution in [0.4, 0.5) is 22.4 Å². The number of aryl methyl sites for hydroxylation is 1. The third-order valence-electron chi connectivity index (χ3n) is 6.21. The van der Waals surface area contributed by atoms with E-state index in [-0.39, 0.29) is 5.91 Å². The lowest BCUT2D eigenvalue weighted by atomic mass is 10.0. The minimum atomic E-state index is -1.05. The van der Waals surface area contributed by atoms with Gasteiger partial charge in [-0.1, -0.05) is 0 Å². The third-order valence-corrected chi connectivity index (χ3v) is 6.21. The van der Waals surface area contributed by atoms with Gasteiger partial charge in [0.15, 0.2) is 11.6 Å². The van der Waals surface area contributed by atoms with Crippen LogP contribution in [0.1, 0.15) is 40.3 Å². The summed E-state index contributed by atoms with van der Waals surface area (Å²) in [6, 6.07) is 5.75. The summed E-state index contributed by atoms with van der Waals surface area (Å²) in [7, 11) is 1.59. The number of nitrogens with one attached hydrogen (secondary N) is 2. The molecule has 0 aromatic carbocycles. The molecule has 4 rings (SSSR count). The fourth-order valence-corrected chi connectivity index (χ4v) is 3.95. The summed E-state index contributed by atoms with van der Waals surface area (Å²) in [5.41, 5.74) is 0.0872. The number of hydrogen-bond acceptors (Lipinski definition) is 8. The molecule has 12 nitrogen and oxygen atoms in total. The number of fused-ring (bicyclic) bond motifs is 1. The van der Waals surface area contributed by atoms with Crippen LogP contribution < -0.4 is 10.2 Å². The number of aromatic amines is 1. The molecule has 0 aliphatic carbocycles. The predicted octanol–water partition coefficient (Wildman–Crippen LogP) is 2.80. The number of aromatic nitrogens is 5. The van der Waals surface area contributed by atoms with Gasteiger partial charge in [-0.05, 0) is 53.7 Å². The van der Waals surface area contributed by atoms with E-state index in [9.17, 15) is 9.59 Å². The summed E-state index contributed by atoms with van der Waals surface area (Å²) in [6.07, 6.45) is 1.34. The molecule has 1 saturated heterocycles. The Labute approximate surface area is 210 Å². The zero-order valence-electron chi connectivity index (χ0n) is 22.0. The molecule has 0 bridgehead atoms. The second-order valence-corrected chi connectivity index (χ2v) is 10.5. The van der Waals surface area contributed by atoms with E-state index in [1.54, 1.807) is 51.1 Å². The van der Waals surface area contributed by atoms with Crippen LogP contribution in [-0.4, -0.2) is 91.0 Å². The molecule has 1 aliphatic rings. The Hall–Kier alpha value is -3.83. The number of rotatable bonds is 5. The largest absolute Gasteiger partial charge is 0.444 e. The molecule has 0 atom stereocenters. The Morgan fingerprint density at radius 2 is 1.83 bits per heavy atom. The van der Waals surface area contributed by atoms with Crippen LogP contribution in [0, 0.1) is 6.92 Å². The first-order chi connectivity index (χ1) is 16.8. The van der Waals surface area contributed by atoms with Crippen molar-refractivity contribution in [3.8, 4) is 0 Å². The van der Waals surface area contributed by atoms with Crippen molar-refractivity contribution in [3.63, 3.8) is 0 Å². The van der Waals surface area contributed by atoms with Crippen molar-refractivity contribution >= 4 is 35.1 Å². The lowest BCUT2D eigenvalue weighted by Gasteiger charge is -2.41. The number of nitrogens with zero attached hydrogens (tertiary/aromatic N) is 7. The molecular formula is C24H35N9O3. The standard InChI is InChI=1S/C24H35N9O3/c1-16-15-18(28-27-16)25-19-17-9-8-10-33(17)29-21(26-19)32-13-11-31(12-14-32)20(34)24(5,6)30(7)22(35)36-23(2,3)4/h8-10,15H,11-14H2,1-7H3,(H2,25,26,27,28,29). The number of ether oxygens (including phenoxy) is 1. The molecular weight excluding hydrogens is 462 g/mol. The summed E-state index contributed by atoms with van der Waals surface area (Å²) < 4.78 is 7.24. The number of hydrogen-bond donors (Lipinski definition) is 2. The molecule has 4 heterocycles. The normalized spacial score (nSPS) is 14.8. The highest BCUT2D eigenvalue weighted by molar-refractivity contribution is 5.89. The molecule has 0 spiro atoms. The Kier molecular flexibility index (Phi) is 6.54. The highest BCUT2D eigenvalue weighted by Gasteiger charge is 2.41. The smallest absolute Gasteiger partial charge is 0.410 e. The second-order valence-electron chi connectivity index (χ2n) is 10.5. The fraction of sp³-hybridized carbons (Fsp3) is 0.542. The van der Waals surface area contributed by atoms with E-state index in [0.29, 0.717) is 43.8 Å². The van der Waals surface area contributed by atoms with Gasteiger partial charge >= 0.3 is 6.09 Å². The van der Waals surface area contributed by atoms with Crippen molar-refractivity contribution in [2.45, 2.75) is 52.7 Å². The summed E-state index contributed by atoms with van der Waals surface area (Å²) in [5, 5.41) is 15.1. The number of amides is 2. The lowest BCUT2D eigenvalue weighted by molar-refractivity contribution is -0.142. The molecule has 1 fully saturated rings. The van der Waals surface area contributed by atoms with Crippen molar-refractivity contribution < 1.29 is 14.3 Å². The quantitative estimate of drug-likeness (QED) is 0.552. The van der Waals surface area contributed by atoms with Crippen molar-refractivity contribution in [2.75, 3.05) is 43.4 Å². The van der Waals surface area contributed by atoms with Crippen molar-refractivity contribution in [1.82, 2.24) is 34.6 Å². The summed E-state index contributed by atoms with van der Waals surface area (Å²) in [6.45, 7) is 12.9. The van der Waals surface area contributed by atoms with Crippen molar-refractivity contribution in [2.24, 2.45) is 0 Å². The van der Waals surface area contributed by atoms with Gasteiger partial charge < -0.3 is 19.9 Å². The minimum absolute atomic E-state index is 0.131. The summed E-state index contributed by atoms with van der Waals surface area (Å²) in [4.78, 5) is 35.9. The van der Waals surface area contributed by atoms with Gasteiger partial charge in [-0.25, -0.2) is 9.31 Å². The lowest BCUT2D eigenvalue weighted by Crippen LogP contribution is -2.60. The molecule has 0 saturated carbocycles. The third kappa shape index (κ3) is 5.21. The van der Waals surface area contributed by atoms with Gasteiger partial charge in [0.25, 0.3) is 0 Å². The predicted molar refractivity (Wildman–Crippen MR) is 136 cm³/mol. The first-order valence-electron chi connectivity index (χ1n) is 12.0. The van der Waals surface area contributed by atoms with Gasteiger partial charge in [-0.3, -0.25) is 14.8 Å². The van der Waals surface area contributed by atoms with Gasteiger partial charge in [0.1, 0.15) is 16.7 Å². The Morgan fingerprint density at radius 3 is 2.44 bits per heavy atom. The molecule has 3 aromatic heterocycles. The number of anilines is 3. The van der Waals surface area contributed by atoms with E-state index in [2.05, 4.69) is 25.5 Å². The number of piperazine rings is 1. The topological polar surface area (TPSA) is 124 Å². The molecule has 0 unspecified atom stereocenters. The molecule has 0 radical (unpaired) electrons. The van der Waals surface area contributed by atoms with Crippen LogP contribution in [0.25, 0.3) is 5.52 Å². The van der Waals surface area contributed by atoms with Crippen LogP contribution in [0.5, 0.6) is 0 Å². The molecule has 2 amide bonds. The molecule has 36 heavy (non-hydrogen) atoms. The Balaban J connectivity index is 1.45. The number of carbonyl (C=O) groups is 2. The zero-order valence-corrected chi connectivity index (χ0v) is 22.0. The fourth-order valence-electron chi connectivity index (χ4n) is 3.95. The molecule has 1 aliphatic heterocycles. The average molecular weight is 498 g/mol. The van der Waals surface area contributed by atoms with E-state index >= 15 is 0 Å². The Morgan fingerprint density at radius 1 is 1.14 bits per heavy atom. The summed E-state index contributed by atoms with van der Waals surface area (Å²) >= 11 is 0. The Bertz CT molecular complexity index is 1250. The van der Waals surface area contributed by atoms with E-state index < -0.39 is 17.2 Å². The van der Waals surface area contributed by atoms with Gasteiger partial charge in [-0.15, -0.1) is 5.10 Å². The molecule has 3 aromatic rings. The monoisotopic (exact) mass is 497 g/mol. The van der Waals surface area contributed by atoms with Gasteiger partial charge in [0, 0.05) is 51.2 Å². The second kappa shape index (κ2) is 9.32. The average Bonchev–Trinajstić information content (AvgIpc) is 3.45. The van der Waals surface area contributed by atoms with Crippen LogP contribution in [0.15, 0.2) is 24.4 Å². The van der Waals surface area contributed by atoms with Crippen LogP contribution >= 0.6 is 0 Å². The van der Waals surface area contributed by atoms with Gasteiger partial charge in [0.05, 0.1) is 0 Å². The van der Waals surface area contributed by atoms with Crippen LogP contribution in [-0.2, 0) is 9.53 Å². The summed E-state index contributed by atoms with van der Waals surface area (Å²) in [5.74, 6) is 1.75. The van der Waals surface area contributed by atoms with E-state index in [1.165, 1.54) is 4.90 Å². The maximum Gasteiger partial charge on any atom is 0.410 e. The molecule has 194 valence electrons. The zero-order chi connectivity index (χ0) is 26.3. The van der Waals surface area contributed by atoms with E-state index in [0.717, 1.165) is 11.2 Å². The van der Waals surface area contributed by atoms with E-state index in [1.807, 2.05) is 31.3 Å². The van der Waals surface area contributed by atoms with Gasteiger partial charge in [0.2, 0.25) is 11.9 Å². The highest BCUT2D eigenvalue weighted by atomic mass is 16.6. The first kappa shape index (κ1) is 25.3. The number of likely N-dealkylation sites (N-methyl/N-ethyl adjacent to an activating group) is 1. The first-order valence-corrected chi connectivity index (χ1v) is 12.0. The molecule has 2 N–H and O–H groups in total. The SMILES string of the molecule is Cc1cc(Nc2nc(N3CCN(C(=O)C(C)(C)N(C)C(=O)OC(C)(C)C)CC3)nn3cccc23)n[nH]1. The van der Waals surface area contributed by atoms with Crippen molar-refractivity contribution in [1.29, 1.82) is 0 Å². The highest BCUT2D eigenvalue weighted by Crippen LogP contribution is 2.24. The molecule has 12 heteroatoms. The van der Waals surface area contributed by atoms with Crippen LogP contribution in [0.3, 0.4) is 0 Å². The van der Waals surface area contributed by atoms with Gasteiger partial charge in [-0.2, -0.15) is 10.1 Å². The van der Waals surface area contributed by atoms with Crippen LogP contribution in [0.2, 0.25) is 0 Å². The number of carbonyl (C=O) groups excluding carboxylic acids is 2.